The second-order valence-corrected chi connectivity index (χ2v) is 7.74. The van der Waals surface area contributed by atoms with E-state index in [1.165, 1.54) is 11.1 Å². The van der Waals surface area contributed by atoms with Crippen LogP contribution in [0, 0.1) is 0 Å². The summed E-state index contributed by atoms with van der Waals surface area (Å²) in [7, 11) is 0. The fourth-order valence-electron chi connectivity index (χ4n) is 3.17. The van der Waals surface area contributed by atoms with Gasteiger partial charge < -0.3 is 19.5 Å². The van der Waals surface area contributed by atoms with Crippen LogP contribution in [0.25, 0.3) is 0 Å². The third-order valence-corrected chi connectivity index (χ3v) is 4.29. The van der Waals surface area contributed by atoms with Crippen LogP contribution >= 0.6 is 0 Å². The van der Waals surface area contributed by atoms with Gasteiger partial charge in [-0.05, 0) is 76.1 Å². The second kappa shape index (κ2) is 9.62. The number of alkyl carbamates (subject to hydrolysis) is 1. The molecule has 0 bridgehead atoms. The Hall–Kier alpha value is -2.24. The standard InChI is InChI=1S/C21H31NO5/c1-5-25-19(23)14-16-8-7-15-13-17(9-10-18(15)16)26-12-6-11-22-20(24)27-21(2,3)4/h9-10,13,16H,5-8,11-12,14H2,1-4H3,(H,22,24)/t16-/m0/s1. The molecule has 0 unspecified atom stereocenters. The van der Waals surface area contributed by atoms with E-state index in [9.17, 15) is 9.59 Å². The molecule has 0 aliphatic heterocycles. The fraction of sp³-hybridized carbons (Fsp3) is 0.619. The first-order valence-corrected chi connectivity index (χ1v) is 9.66. The molecule has 6 heteroatoms. The Kier molecular flexibility index (Phi) is 7.51. The normalized spacial score (nSPS) is 15.8. The Labute approximate surface area is 161 Å². The molecule has 0 spiro atoms. The van der Waals surface area contributed by atoms with Crippen LogP contribution in [0.3, 0.4) is 0 Å². The van der Waals surface area contributed by atoms with Crippen molar-refractivity contribution in [3.63, 3.8) is 0 Å². The lowest BCUT2D eigenvalue weighted by Gasteiger charge is -2.19. The highest BCUT2D eigenvalue weighted by Gasteiger charge is 2.25. The average Bonchev–Trinajstić information content (AvgIpc) is 2.95. The van der Waals surface area contributed by atoms with Crippen molar-refractivity contribution in [3.05, 3.63) is 29.3 Å². The van der Waals surface area contributed by atoms with Gasteiger partial charge in [-0.15, -0.1) is 0 Å². The number of fused-ring (bicyclic) bond motifs is 1. The summed E-state index contributed by atoms with van der Waals surface area (Å²) in [5.74, 6) is 0.932. The molecule has 0 saturated carbocycles. The summed E-state index contributed by atoms with van der Waals surface area (Å²) in [5.41, 5.74) is 1.98. The zero-order valence-electron chi connectivity index (χ0n) is 16.8. The third kappa shape index (κ3) is 7.12. The Balaban J connectivity index is 1.73. The molecule has 1 aromatic carbocycles. The Morgan fingerprint density at radius 3 is 2.74 bits per heavy atom. The van der Waals surface area contributed by atoms with Crippen LogP contribution in [0.1, 0.15) is 64.0 Å². The van der Waals surface area contributed by atoms with Crippen molar-refractivity contribution < 1.29 is 23.8 Å². The van der Waals surface area contributed by atoms with E-state index in [1.54, 1.807) is 0 Å². The number of hydrogen-bond donors (Lipinski definition) is 1. The summed E-state index contributed by atoms with van der Waals surface area (Å²) in [6, 6.07) is 6.06. The molecule has 1 amide bonds. The largest absolute Gasteiger partial charge is 0.494 e. The SMILES string of the molecule is CCOC(=O)C[C@@H]1CCc2cc(OCCCNC(=O)OC(C)(C)C)ccc21. The molecule has 0 radical (unpaired) electrons. The van der Waals surface area contributed by atoms with Gasteiger partial charge in [-0.1, -0.05) is 6.07 Å². The van der Waals surface area contributed by atoms with Crippen LogP contribution < -0.4 is 10.1 Å². The lowest BCUT2D eigenvalue weighted by Crippen LogP contribution is -2.33. The van der Waals surface area contributed by atoms with E-state index in [4.69, 9.17) is 14.2 Å². The van der Waals surface area contributed by atoms with Gasteiger partial charge in [0.05, 0.1) is 19.6 Å². The molecule has 1 aliphatic carbocycles. The lowest BCUT2D eigenvalue weighted by molar-refractivity contribution is -0.143. The van der Waals surface area contributed by atoms with E-state index in [-0.39, 0.29) is 11.9 Å². The maximum Gasteiger partial charge on any atom is 0.407 e. The molecule has 2 rings (SSSR count). The molecule has 1 N–H and O–H groups in total. The molecule has 1 aromatic rings. The molecular weight excluding hydrogens is 346 g/mol. The first-order valence-electron chi connectivity index (χ1n) is 9.66. The quantitative estimate of drug-likeness (QED) is 0.548. The predicted molar refractivity (Wildman–Crippen MR) is 103 cm³/mol. The topological polar surface area (TPSA) is 73.9 Å². The first-order chi connectivity index (χ1) is 12.8. The van der Waals surface area contributed by atoms with Gasteiger partial charge in [-0.3, -0.25) is 4.79 Å². The molecule has 0 aromatic heterocycles. The van der Waals surface area contributed by atoms with Gasteiger partial charge in [0.15, 0.2) is 0 Å². The second-order valence-electron chi connectivity index (χ2n) is 7.74. The number of nitrogens with one attached hydrogen (secondary N) is 1. The van der Waals surface area contributed by atoms with Crippen molar-refractivity contribution in [2.24, 2.45) is 0 Å². The van der Waals surface area contributed by atoms with Gasteiger partial charge in [0.1, 0.15) is 11.4 Å². The van der Waals surface area contributed by atoms with Crippen molar-refractivity contribution >= 4 is 12.1 Å². The number of esters is 1. The highest BCUT2D eigenvalue weighted by Crippen LogP contribution is 2.37. The van der Waals surface area contributed by atoms with Gasteiger partial charge in [-0.2, -0.15) is 0 Å². The van der Waals surface area contributed by atoms with Crippen LogP contribution in [0.15, 0.2) is 18.2 Å². The van der Waals surface area contributed by atoms with Crippen molar-refractivity contribution in [1.82, 2.24) is 5.32 Å². The van der Waals surface area contributed by atoms with E-state index in [0.29, 0.717) is 32.6 Å². The summed E-state index contributed by atoms with van der Waals surface area (Å²) in [4.78, 5) is 23.3. The first kappa shape index (κ1) is 21.1. The highest BCUT2D eigenvalue weighted by atomic mass is 16.6. The van der Waals surface area contributed by atoms with Gasteiger partial charge in [0, 0.05) is 6.54 Å². The number of ether oxygens (including phenoxy) is 3. The summed E-state index contributed by atoms with van der Waals surface area (Å²) in [6.07, 6.45) is 2.65. The molecule has 0 saturated heterocycles. The number of carbonyl (C=O) groups excluding carboxylic acids is 2. The van der Waals surface area contributed by atoms with E-state index in [1.807, 2.05) is 33.8 Å². The van der Waals surface area contributed by atoms with Crippen LogP contribution in [0.5, 0.6) is 5.75 Å². The minimum atomic E-state index is -0.490. The lowest BCUT2D eigenvalue weighted by atomic mass is 9.98. The average molecular weight is 377 g/mol. The molecule has 27 heavy (non-hydrogen) atoms. The minimum absolute atomic E-state index is 0.131. The van der Waals surface area contributed by atoms with Crippen LogP contribution in [-0.2, 0) is 20.7 Å². The fourth-order valence-corrected chi connectivity index (χ4v) is 3.17. The molecule has 0 fully saturated rings. The summed E-state index contributed by atoms with van der Waals surface area (Å²) >= 11 is 0. The highest BCUT2D eigenvalue weighted by molar-refractivity contribution is 5.71. The molecule has 150 valence electrons. The monoisotopic (exact) mass is 377 g/mol. The van der Waals surface area contributed by atoms with Crippen LogP contribution in [0.2, 0.25) is 0 Å². The third-order valence-electron chi connectivity index (χ3n) is 4.29. The Bertz CT molecular complexity index is 650. The molecule has 6 nitrogen and oxygen atoms in total. The predicted octanol–water partition coefficient (Wildman–Crippen LogP) is 3.96. The van der Waals surface area contributed by atoms with E-state index < -0.39 is 11.7 Å². The van der Waals surface area contributed by atoms with Crippen LogP contribution in [0.4, 0.5) is 4.79 Å². The van der Waals surface area contributed by atoms with Crippen molar-refractivity contribution in [3.8, 4) is 5.75 Å². The number of carbonyl (C=O) groups is 2. The summed E-state index contributed by atoms with van der Waals surface area (Å²) in [6.45, 7) is 8.77. The molecule has 1 atom stereocenters. The maximum absolute atomic E-state index is 11.7. The summed E-state index contributed by atoms with van der Waals surface area (Å²) in [5, 5.41) is 2.72. The van der Waals surface area contributed by atoms with Gasteiger partial charge >= 0.3 is 12.1 Å². The zero-order chi connectivity index (χ0) is 19.9. The number of amides is 1. The number of rotatable bonds is 8. The molecular formula is C21H31NO5. The van der Waals surface area contributed by atoms with E-state index in [0.717, 1.165) is 18.6 Å². The minimum Gasteiger partial charge on any atom is -0.494 e. The van der Waals surface area contributed by atoms with Gasteiger partial charge in [0.2, 0.25) is 0 Å². The zero-order valence-corrected chi connectivity index (χ0v) is 16.8. The Morgan fingerprint density at radius 1 is 1.26 bits per heavy atom. The number of benzene rings is 1. The Morgan fingerprint density at radius 2 is 2.04 bits per heavy atom. The maximum atomic E-state index is 11.7. The van der Waals surface area contributed by atoms with Gasteiger partial charge in [-0.25, -0.2) is 4.79 Å². The van der Waals surface area contributed by atoms with E-state index >= 15 is 0 Å². The number of aryl methyl sites for hydroxylation is 1. The van der Waals surface area contributed by atoms with Crippen molar-refractivity contribution in [2.45, 2.75) is 64.9 Å². The number of hydrogen-bond acceptors (Lipinski definition) is 5. The van der Waals surface area contributed by atoms with Crippen LogP contribution in [-0.4, -0.2) is 37.4 Å². The summed E-state index contributed by atoms with van der Waals surface area (Å²) < 4.78 is 16.0. The van der Waals surface area contributed by atoms with Gasteiger partial charge in [0.25, 0.3) is 0 Å². The van der Waals surface area contributed by atoms with Crippen molar-refractivity contribution in [1.29, 1.82) is 0 Å². The molecule has 0 heterocycles. The van der Waals surface area contributed by atoms with Crippen molar-refractivity contribution in [2.75, 3.05) is 19.8 Å². The molecule has 1 aliphatic rings. The smallest absolute Gasteiger partial charge is 0.407 e. The van der Waals surface area contributed by atoms with E-state index in [2.05, 4.69) is 17.4 Å².